The standard InChI is InChI=1S/C23H22FN9S/c1-15(31-23-26-10-18(11-27-23)34-21-6-4-3-5-19(21)24)8-25-22-20-7-16(13-33(20)30-14-28-22)17-9-29-32(2)12-17/h3-7,9-15H,8H2,1-2H3,(H,25,28,30)(H,26,27,31)/t15-/m1/s1. The van der Waals surface area contributed by atoms with E-state index in [2.05, 4.69) is 35.8 Å². The van der Waals surface area contributed by atoms with Crippen LogP contribution in [0.2, 0.25) is 0 Å². The van der Waals surface area contributed by atoms with E-state index in [4.69, 9.17) is 0 Å². The zero-order valence-electron chi connectivity index (χ0n) is 18.6. The van der Waals surface area contributed by atoms with Crippen LogP contribution in [0, 0.1) is 5.82 Å². The number of aryl methyl sites for hydroxylation is 1. The maximum absolute atomic E-state index is 13.8. The molecule has 0 saturated carbocycles. The molecule has 4 heterocycles. The fourth-order valence-electron chi connectivity index (χ4n) is 3.41. The van der Waals surface area contributed by atoms with E-state index < -0.39 is 0 Å². The van der Waals surface area contributed by atoms with Gasteiger partial charge in [0.25, 0.3) is 0 Å². The molecule has 172 valence electrons. The van der Waals surface area contributed by atoms with Crippen molar-refractivity contribution >= 4 is 29.0 Å². The number of aromatic nitrogens is 7. The highest BCUT2D eigenvalue weighted by Crippen LogP contribution is 2.29. The molecule has 0 spiro atoms. The Morgan fingerprint density at radius 2 is 1.85 bits per heavy atom. The van der Waals surface area contributed by atoms with E-state index in [1.54, 1.807) is 39.8 Å². The number of fused-ring (bicyclic) bond motifs is 1. The van der Waals surface area contributed by atoms with E-state index in [0.717, 1.165) is 27.4 Å². The lowest BCUT2D eigenvalue weighted by Crippen LogP contribution is -2.26. The summed E-state index contributed by atoms with van der Waals surface area (Å²) >= 11 is 1.29. The van der Waals surface area contributed by atoms with Gasteiger partial charge in [0.05, 0.1) is 6.20 Å². The zero-order valence-corrected chi connectivity index (χ0v) is 19.4. The maximum Gasteiger partial charge on any atom is 0.222 e. The van der Waals surface area contributed by atoms with E-state index in [9.17, 15) is 4.39 Å². The molecule has 0 radical (unpaired) electrons. The molecule has 5 aromatic rings. The smallest absolute Gasteiger partial charge is 0.222 e. The van der Waals surface area contributed by atoms with E-state index in [-0.39, 0.29) is 11.9 Å². The summed E-state index contributed by atoms with van der Waals surface area (Å²) in [4.78, 5) is 14.4. The Labute approximate surface area is 199 Å². The summed E-state index contributed by atoms with van der Waals surface area (Å²) < 4.78 is 17.4. The number of hydrogen-bond donors (Lipinski definition) is 2. The van der Waals surface area contributed by atoms with Crippen molar-refractivity contribution < 1.29 is 4.39 Å². The van der Waals surface area contributed by atoms with Crippen LogP contribution in [-0.2, 0) is 7.05 Å². The number of halogens is 1. The van der Waals surface area contributed by atoms with Gasteiger partial charge in [0.15, 0.2) is 5.82 Å². The Morgan fingerprint density at radius 1 is 1.03 bits per heavy atom. The second-order valence-electron chi connectivity index (χ2n) is 7.77. The number of anilines is 2. The monoisotopic (exact) mass is 475 g/mol. The second-order valence-corrected chi connectivity index (χ2v) is 8.89. The average Bonchev–Trinajstić information content (AvgIpc) is 3.47. The number of benzene rings is 1. The van der Waals surface area contributed by atoms with Gasteiger partial charge in [-0.2, -0.15) is 10.2 Å². The molecule has 0 saturated heterocycles. The van der Waals surface area contributed by atoms with Crippen molar-refractivity contribution in [3.63, 3.8) is 0 Å². The lowest BCUT2D eigenvalue weighted by atomic mass is 10.2. The van der Waals surface area contributed by atoms with Crippen LogP contribution in [0.1, 0.15) is 6.92 Å². The Hall–Kier alpha value is -3.99. The fourth-order valence-corrected chi connectivity index (χ4v) is 4.19. The van der Waals surface area contributed by atoms with E-state index >= 15 is 0 Å². The molecule has 0 unspecified atom stereocenters. The van der Waals surface area contributed by atoms with Crippen LogP contribution >= 0.6 is 11.8 Å². The predicted octanol–water partition coefficient (Wildman–Crippen LogP) is 4.12. The summed E-state index contributed by atoms with van der Waals surface area (Å²) in [7, 11) is 1.89. The van der Waals surface area contributed by atoms with Gasteiger partial charge in [-0.1, -0.05) is 23.9 Å². The molecule has 4 aromatic heterocycles. The van der Waals surface area contributed by atoms with Crippen molar-refractivity contribution in [2.24, 2.45) is 7.05 Å². The Kier molecular flexibility index (Phi) is 6.09. The number of nitrogens with one attached hydrogen (secondary N) is 2. The third-order valence-electron chi connectivity index (χ3n) is 5.09. The molecule has 1 atom stereocenters. The van der Waals surface area contributed by atoms with Gasteiger partial charge in [-0.3, -0.25) is 4.68 Å². The van der Waals surface area contributed by atoms with Crippen molar-refractivity contribution in [1.29, 1.82) is 0 Å². The largest absolute Gasteiger partial charge is 0.366 e. The van der Waals surface area contributed by atoms with Crippen molar-refractivity contribution in [3.05, 3.63) is 73.5 Å². The van der Waals surface area contributed by atoms with Gasteiger partial charge in [-0.05, 0) is 25.1 Å². The molecular formula is C23H22FN9S. The summed E-state index contributed by atoms with van der Waals surface area (Å²) in [5.41, 5.74) is 2.91. The quantitative estimate of drug-likeness (QED) is 0.346. The van der Waals surface area contributed by atoms with Crippen LogP contribution in [0.15, 0.2) is 77.4 Å². The van der Waals surface area contributed by atoms with Gasteiger partial charge < -0.3 is 10.6 Å². The van der Waals surface area contributed by atoms with Crippen LogP contribution in [0.3, 0.4) is 0 Å². The van der Waals surface area contributed by atoms with E-state index in [0.29, 0.717) is 17.4 Å². The van der Waals surface area contributed by atoms with Gasteiger partial charge in [0, 0.05) is 65.3 Å². The van der Waals surface area contributed by atoms with Gasteiger partial charge in [-0.15, -0.1) is 0 Å². The Bertz CT molecular complexity index is 1410. The third-order valence-corrected chi connectivity index (χ3v) is 6.09. The zero-order chi connectivity index (χ0) is 23.5. The molecule has 11 heteroatoms. The lowest BCUT2D eigenvalue weighted by Gasteiger charge is -2.15. The third kappa shape index (κ3) is 4.84. The molecule has 0 amide bonds. The normalized spacial score (nSPS) is 12.1. The van der Waals surface area contributed by atoms with Crippen molar-refractivity contribution in [3.8, 4) is 11.1 Å². The van der Waals surface area contributed by atoms with Crippen LogP contribution < -0.4 is 10.6 Å². The summed E-state index contributed by atoms with van der Waals surface area (Å²) in [6, 6.07) is 8.69. The topological polar surface area (TPSA) is 97.8 Å². The average molecular weight is 476 g/mol. The fraction of sp³-hybridized carbons (Fsp3) is 0.174. The van der Waals surface area contributed by atoms with Gasteiger partial charge in [0.1, 0.15) is 17.7 Å². The molecule has 0 aliphatic rings. The number of hydrogen-bond acceptors (Lipinski definition) is 8. The lowest BCUT2D eigenvalue weighted by molar-refractivity contribution is 0.602. The molecule has 34 heavy (non-hydrogen) atoms. The van der Waals surface area contributed by atoms with Crippen LogP contribution in [0.4, 0.5) is 16.2 Å². The molecule has 0 bridgehead atoms. The molecule has 0 fully saturated rings. The molecule has 0 aliphatic carbocycles. The van der Waals surface area contributed by atoms with Gasteiger partial charge in [-0.25, -0.2) is 23.9 Å². The van der Waals surface area contributed by atoms with Crippen LogP contribution in [0.5, 0.6) is 0 Å². The first-order valence-electron chi connectivity index (χ1n) is 10.6. The highest BCUT2D eigenvalue weighted by molar-refractivity contribution is 7.99. The van der Waals surface area contributed by atoms with Gasteiger partial charge in [0.2, 0.25) is 5.95 Å². The number of rotatable bonds is 8. The molecule has 1 aromatic carbocycles. The highest BCUT2D eigenvalue weighted by Gasteiger charge is 2.11. The predicted molar refractivity (Wildman–Crippen MR) is 129 cm³/mol. The van der Waals surface area contributed by atoms with E-state index in [1.807, 2.05) is 38.6 Å². The summed E-state index contributed by atoms with van der Waals surface area (Å²) in [6.07, 6.45) is 10.6. The van der Waals surface area contributed by atoms with Crippen molar-refractivity contribution in [2.45, 2.75) is 22.8 Å². The first-order valence-corrected chi connectivity index (χ1v) is 11.4. The minimum atomic E-state index is -0.260. The molecule has 2 N–H and O–H groups in total. The second kappa shape index (κ2) is 9.48. The first-order chi connectivity index (χ1) is 16.5. The summed E-state index contributed by atoms with van der Waals surface area (Å²) in [6.45, 7) is 2.62. The molecule has 5 rings (SSSR count). The molecule has 9 nitrogen and oxygen atoms in total. The first kappa shape index (κ1) is 21.8. The van der Waals surface area contributed by atoms with Crippen molar-refractivity contribution in [2.75, 3.05) is 17.2 Å². The van der Waals surface area contributed by atoms with Crippen LogP contribution in [0.25, 0.3) is 16.6 Å². The SMILES string of the molecule is C[C@H](CNc1ncnn2cc(-c3cnn(C)c3)cc12)Nc1ncc(Sc2ccccc2F)cn1. The van der Waals surface area contributed by atoms with Crippen LogP contribution in [-0.4, -0.2) is 46.9 Å². The van der Waals surface area contributed by atoms with Gasteiger partial charge >= 0.3 is 0 Å². The summed E-state index contributed by atoms with van der Waals surface area (Å²) in [5.74, 6) is 0.974. The molecule has 0 aliphatic heterocycles. The maximum atomic E-state index is 13.8. The minimum Gasteiger partial charge on any atom is -0.366 e. The molecular weight excluding hydrogens is 453 g/mol. The minimum absolute atomic E-state index is 0.0212. The Balaban J connectivity index is 1.21. The highest BCUT2D eigenvalue weighted by atomic mass is 32.2. The number of nitrogens with zero attached hydrogens (tertiary/aromatic N) is 7. The van der Waals surface area contributed by atoms with E-state index in [1.165, 1.54) is 24.2 Å². The Morgan fingerprint density at radius 3 is 2.62 bits per heavy atom. The summed E-state index contributed by atoms with van der Waals surface area (Å²) in [5, 5.41) is 15.2. The van der Waals surface area contributed by atoms with Crippen molar-refractivity contribution in [1.82, 2.24) is 34.3 Å².